The second-order valence-corrected chi connectivity index (χ2v) is 8.60. The van der Waals surface area contributed by atoms with Gasteiger partial charge in [0.15, 0.2) is 0 Å². The zero-order chi connectivity index (χ0) is 13.0. The van der Waals surface area contributed by atoms with Gasteiger partial charge in [0.2, 0.25) is 0 Å². The molecule has 1 heterocycles. The van der Waals surface area contributed by atoms with Crippen LogP contribution in [0.25, 0.3) is 0 Å². The Balaban J connectivity index is 1.60. The molecule has 1 aliphatic heterocycles. The zero-order valence-corrected chi connectivity index (χ0v) is 13.2. The van der Waals surface area contributed by atoms with Crippen LogP contribution in [-0.4, -0.2) is 47.6 Å². The number of rotatable bonds is 4. The van der Waals surface area contributed by atoms with Crippen molar-refractivity contribution < 1.29 is 0 Å². The van der Waals surface area contributed by atoms with Crippen LogP contribution in [0.3, 0.4) is 0 Å². The van der Waals surface area contributed by atoms with Crippen molar-refractivity contribution in [3.05, 3.63) is 0 Å². The van der Waals surface area contributed by atoms with Crippen molar-refractivity contribution in [2.24, 2.45) is 5.92 Å². The third-order valence-electron chi connectivity index (χ3n) is 4.38. The first-order chi connectivity index (χ1) is 8.55. The van der Waals surface area contributed by atoms with Gasteiger partial charge in [-0.15, -0.1) is 0 Å². The topological polar surface area (TPSA) is 15.3 Å². The Morgan fingerprint density at radius 3 is 2.61 bits per heavy atom. The summed E-state index contributed by atoms with van der Waals surface area (Å²) in [5, 5.41) is 3.77. The van der Waals surface area contributed by atoms with E-state index in [1.165, 1.54) is 57.6 Å². The molecule has 2 aliphatic rings. The first-order valence-electron chi connectivity index (χ1n) is 7.65. The molecule has 3 heteroatoms. The highest BCUT2D eigenvalue weighted by atomic mass is 32.2. The van der Waals surface area contributed by atoms with Crippen molar-refractivity contribution in [2.45, 2.75) is 57.2 Å². The largest absolute Gasteiger partial charge is 0.313 e. The Morgan fingerprint density at radius 1 is 1.22 bits per heavy atom. The van der Waals surface area contributed by atoms with E-state index in [4.69, 9.17) is 0 Å². The van der Waals surface area contributed by atoms with Gasteiger partial charge in [0, 0.05) is 42.7 Å². The molecule has 0 spiro atoms. The molecule has 0 amide bonds. The van der Waals surface area contributed by atoms with Gasteiger partial charge in [-0.05, 0) is 45.4 Å². The number of nitrogens with zero attached hydrogens (tertiary/aromatic N) is 1. The third kappa shape index (κ3) is 4.75. The summed E-state index contributed by atoms with van der Waals surface area (Å²) in [5.74, 6) is 2.26. The van der Waals surface area contributed by atoms with E-state index in [2.05, 4.69) is 42.7 Å². The molecule has 0 unspecified atom stereocenters. The maximum atomic E-state index is 3.77. The Hall–Kier alpha value is 0.270. The summed E-state index contributed by atoms with van der Waals surface area (Å²) >= 11 is 2.12. The first kappa shape index (κ1) is 14.7. The van der Waals surface area contributed by atoms with Crippen LogP contribution < -0.4 is 5.32 Å². The molecule has 2 nitrogen and oxygen atoms in total. The maximum absolute atomic E-state index is 3.77. The standard InChI is InChI=1S/C15H30N2S/c1-13-4-6-14(7-5-13)16-8-9-17-10-11-18-15(2,3)12-17/h13-14,16H,4-12H2,1-3H3. The molecule has 1 saturated heterocycles. The number of thioether (sulfide) groups is 1. The van der Waals surface area contributed by atoms with Crippen molar-refractivity contribution in [1.82, 2.24) is 10.2 Å². The molecule has 0 aromatic heterocycles. The van der Waals surface area contributed by atoms with E-state index < -0.39 is 0 Å². The first-order valence-corrected chi connectivity index (χ1v) is 8.63. The van der Waals surface area contributed by atoms with E-state index in [0.717, 1.165) is 12.0 Å². The summed E-state index contributed by atoms with van der Waals surface area (Å²) in [6.07, 6.45) is 5.63. The molecule has 18 heavy (non-hydrogen) atoms. The van der Waals surface area contributed by atoms with Crippen molar-refractivity contribution in [3.8, 4) is 0 Å². The number of nitrogens with one attached hydrogen (secondary N) is 1. The van der Waals surface area contributed by atoms with Gasteiger partial charge < -0.3 is 5.32 Å². The Morgan fingerprint density at radius 2 is 1.94 bits per heavy atom. The van der Waals surface area contributed by atoms with Crippen LogP contribution in [0.5, 0.6) is 0 Å². The average Bonchev–Trinajstić information content (AvgIpc) is 2.30. The van der Waals surface area contributed by atoms with Gasteiger partial charge in [-0.25, -0.2) is 0 Å². The molecule has 0 atom stereocenters. The molecule has 1 saturated carbocycles. The van der Waals surface area contributed by atoms with Crippen molar-refractivity contribution >= 4 is 11.8 Å². The molecule has 0 bridgehead atoms. The normalized spacial score (nSPS) is 33.5. The van der Waals surface area contributed by atoms with Crippen LogP contribution >= 0.6 is 11.8 Å². The molecule has 2 rings (SSSR count). The smallest absolute Gasteiger partial charge is 0.0231 e. The predicted molar refractivity (Wildman–Crippen MR) is 82.4 cm³/mol. The second-order valence-electron chi connectivity index (χ2n) is 6.80. The minimum absolute atomic E-state index is 0.457. The summed E-state index contributed by atoms with van der Waals surface area (Å²) in [7, 11) is 0. The van der Waals surface area contributed by atoms with Crippen LogP contribution in [0.4, 0.5) is 0 Å². The lowest BCUT2D eigenvalue weighted by atomic mass is 9.87. The molecular formula is C15H30N2S. The molecule has 1 aliphatic carbocycles. The van der Waals surface area contributed by atoms with Crippen LogP contribution in [0.2, 0.25) is 0 Å². The fraction of sp³-hybridized carbons (Fsp3) is 1.00. The van der Waals surface area contributed by atoms with E-state index in [0.29, 0.717) is 4.75 Å². The van der Waals surface area contributed by atoms with Gasteiger partial charge in [0.05, 0.1) is 0 Å². The molecule has 0 radical (unpaired) electrons. The van der Waals surface area contributed by atoms with Gasteiger partial charge in [0.1, 0.15) is 0 Å². The summed E-state index contributed by atoms with van der Waals surface area (Å²) in [5.41, 5.74) is 0. The number of hydrogen-bond acceptors (Lipinski definition) is 3. The molecular weight excluding hydrogens is 240 g/mol. The lowest BCUT2D eigenvalue weighted by molar-refractivity contribution is 0.244. The van der Waals surface area contributed by atoms with Gasteiger partial charge >= 0.3 is 0 Å². The molecule has 0 aromatic carbocycles. The lowest BCUT2D eigenvalue weighted by Gasteiger charge is -2.38. The molecule has 106 valence electrons. The van der Waals surface area contributed by atoms with Gasteiger partial charge in [-0.2, -0.15) is 11.8 Å². The van der Waals surface area contributed by atoms with Crippen LogP contribution in [-0.2, 0) is 0 Å². The SMILES string of the molecule is CC1CCC(NCCN2CCSC(C)(C)C2)CC1. The van der Waals surface area contributed by atoms with Gasteiger partial charge in [-0.1, -0.05) is 6.92 Å². The van der Waals surface area contributed by atoms with Crippen LogP contribution in [0.1, 0.15) is 46.5 Å². The summed E-state index contributed by atoms with van der Waals surface area (Å²) in [6, 6.07) is 0.799. The Bertz CT molecular complexity index is 247. The second kappa shape index (κ2) is 6.62. The number of hydrogen-bond donors (Lipinski definition) is 1. The minimum atomic E-state index is 0.457. The van der Waals surface area contributed by atoms with Crippen molar-refractivity contribution in [1.29, 1.82) is 0 Å². The van der Waals surface area contributed by atoms with E-state index >= 15 is 0 Å². The summed E-state index contributed by atoms with van der Waals surface area (Å²) in [6.45, 7) is 12.1. The van der Waals surface area contributed by atoms with E-state index in [1.807, 2.05) is 0 Å². The lowest BCUT2D eigenvalue weighted by Crippen LogP contribution is -2.46. The third-order valence-corrected chi connectivity index (χ3v) is 5.68. The molecule has 1 N–H and O–H groups in total. The molecule has 2 fully saturated rings. The van der Waals surface area contributed by atoms with Crippen LogP contribution in [0.15, 0.2) is 0 Å². The Kier molecular flexibility index (Phi) is 5.40. The fourth-order valence-corrected chi connectivity index (χ4v) is 4.37. The Labute approximate surface area is 117 Å². The van der Waals surface area contributed by atoms with E-state index in [9.17, 15) is 0 Å². The highest BCUT2D eigenvalue weighted by Gasteiger charge is 2.26. The quantitative estimate of drug-likeness (QED) is 0.845. The summed E-state index contributed by atoms with van der Waals surface area (Å²) in [4.78, 5) is 2.63. The predicted octanol–water partition coefficient (Wildman–Crippen LogP) is 2.98. The van der Waals surface area contributed by atoms with E-state index in [1.54, 1.807) is 0 Å². The monoisotopic (exact) mass is 270 g/mol. The summed E-state index contributed by atoms with van der Waals surface area (Å²) < 4.78 is 0.457. The van der Waals surface area contributed by atoms with Crippen molar-refractivity contribution in [2.75, 3.05) is 31.9 Å². The molecule has 0 aromatic rings. The highest BCUT2D eigenvalue weighted by Crippen LogP contribution is 2.29. The minimum Gasteiger partial charge on any atom is -0.313 e. The van der Waals surface area contributed by atoms with Crippen LogP contribution in [0, 0.1) is 5.92 Å². The van der Waals surface area contributed by atoms with E-state index in [-0.39, 0.29) is 0 Å². The van der Waals surface area contributed by atoms with Gasteiger partial charge in [0.25, 0.3) is 0 Å². The average molecular weight is 270 g/mol. The zero-order valence-electron chi connectivity index (χ0n) is 12.4. The van der Waals surface area contributed by atoms with Crippen molar-refractivity contribution in [3.63, 3.8) is 0 Å². The fourth-order valence-electron chi connectivity index (χ4n) is 3.20. The highest BCUT2D eigenvalue weighted by molar-refractivity contribution is 8.00. The maximum Gasteiger partial charge on any atom is 0.0231 e. The van der Waals surface area contributed by atoms with Gasteiger partial charge in [-0.3, -0.25) is 4.90 Å².